The fourth-order valence-electron chi connectivity index (χ4n) is 2.87. The molecule has 0 amide bonds. The third kappa shape index (κ3) is 1.73. The van der Waals surface area contributed by atoms with Crippen LogP contribution in [0.5, 0.6) is 0 Å². The third-order valence-electron chi connectivity index (χ3n) is 3.60. The van der Waals surface area contributed by atoms with E-state index in [2.05, 4.69) is 25.4 Å². The molecule has 1 saturated heterocycles. The lowest BCUT2D eigenvalue weighted by molar-refractivity contribution is -0.000353. The van der Waals surface area contributed by atoms with Crippen molar-refractivity contribution in [3.63, 3.8) is 0 Å². The molecule has 1 fully saturated rings. The smallest absolute Gasteiger partial charge is 0.0845 e. The Balaban J connectivity index is 2.11. The zero-order valence-electron chi connectivity index (χ0n) is 9.31. The summed E-state index contributed by atoms with van der Waals surface area (Å²) in [4.78, 5) is 0. The van der Waals surface area contributed by atoms with Crippen LogP contribution in [0.4, 0.5) is 0 Å². The van der Waals surface area contributed by atoms with E-state index < -0.39 is 0 Å². The van der Waals surface area contributed by atoms with Gasteiger partial charge >= 0.3 is 0 Å². The second-order valence-corrected chi connectivity index (χ2v) is 4.66. The predicted octanol–water partition coefficient (Wildman–Crippen LogP) is 2.25. The Hall–Kier alpha value is -0.340. The first-order valence-corrected chi connectivity index (χ1v) is 5.76. The van der Waals surface area contributed by atoms with Gasteiger partial charge in [0.05, 0.1) is 11.6 Å². The molecule has 2 nitrogen and oxygen atoms in total. The second-order valence-electron chi connectivity index (χ2n) is 4.66. The van der Waals surface area contributed by atoms with Gasteiger partial charge in [0.1, 0.15) is 0 Å². The Morgan fingerprint density at radius 3 is 2.86 bits per heavy atom. The van der Waals surface area contributed by atoms with Gasteiger partial charge in [0.15, 0.2) is 0 Å². The lowest BCUT2D eigenvalue weighted by Crippen LogP contribution is -2.48. The summed E-state index contributed by atoms with van der Waals surface area (Å²) in [5, 5.41) is 3.43. The van der Waals surface area contributed by atoms with Crippen molar-refractivity contribution in [1.82, 2.24) is 5.32 Å². The number of nitrogens with one attached hydrogen (secondary N) is 1. The highest BCUT2D eigenvalue weighted by molar-refractivity contribution is 5.20. The topological polar surface area (TPSA) is 21.3 Å². The Bertz CT molecular complexity index is 228. The van der Waals surface area contributed by atoms with Crippen LogP contribution in [0, 0.1) is 0 Å². The van der Waals surface area contributed by atoms with E-state index in [0.717, 1.165) is 6.61 Å². The highest BCUT2D eigenvalue weighted by Gasteiger charge is 2.39. The van der Waals surface area contributed by atoms with Crippen molar-refractivity contribution >= 4 is 0 Å². The summed E-state index contributed by atoms with van der Waals surface area (Å²) < 4.78 is 5.90. The van der Waals surface area contributed by atoms with Gasteiger partial charge in [-0.25, -0.2) is 0 Å². The van der Waals surface area contributed by atoms with Crippen LogP contribution in [0.3, 0.4) is 0 Å². The highest BCUT2D eigenvalue weighted by atomic mass is 16.5. The molecule has 1 aliphatic carbocycles. The fourth-order valence-corrected chi connectivity index (χ4v) is 2.87. The van der Waals surface area contributed by atoms with E-state index in [1.54, 1.807) is 5.57 Å². The number of hydrogen-bond donors (Lipinski definition) is 1. The molecule has 0 aromatic rings. The first-order chi connectivity index (χ1) is 6.76. The normalized spacial score (nSPS) is 34.6. The number of allylic oxidation sites excluding steroid dienone is 1. The predicted molar refractivity (Wildman–Crippen MR) is 58.4 cm³/mol. The van der Waals surface area contributed by atoms with Crippen molar-refractivity contribution in [2.75, 3.05) is 13.7 Å². The molecule has 2 unspecified atom stereocenters. The van der Waals surface area contributed by atoms with Crippen molar-refractivity contribution in [2.24, 2.45) is 0 Å². The summed E-state index contributed by atoms with van der Waals surface area (Å²) in [5.74, 6) is 0. The summed E-state index contributed by atoms with van der Waals surface area (Å²) in [6, 6.07) is 0.437. The van der Waals surface area contributed by atoms with Crippen LogP contribution in [0.1, 0.15) is 39.0 Å². The quantitative estimate of drug-likeness (QED) is 0.697. The van der Waals surface area contributed by atoms with Crippen LogP contribution in [0.25, 0.3) is 0 Å². The molecule has 0 saturated carbocycles. The lowest BCUT2D eigenvalue weighted by atomic mass is 9.87. The molecule has 0 radical (unpaired) electrons. The minimum atomic E-state index is 0.0466. The van der Waals surface area contributed by atoms with E-state index in [4.69, 9.17) is 4.74 Å². The third-order valence-corrected chi connectivity index (χ3v) is 3.60. The van der Waals surface area contributed by atoms with Crippen LogP contribution in [0.15, 0.2) is 11.6 Å². The highest BCUT2D eigenvalue weighted by Crippen LogP contribution is 2.35. The molecule has 80 valence electrons. The fraction of sp³-hybridized carbons (Fsp3) is 0.833. The maximum Gasteiger partial charge on any atom is 0.0845 e. The Labute approximate surface area is 86.7 Å². The first kappa shape index (κ1) is 10.2. The maximum atomic E-state index is 5.90. The molecule has 0 spiro atoms. The Kier molecular flexibility index (Phi) is 2.93. The summed E-state index contributed by atoms with van der Waals surface area (Å²) in [6.07, 6.45) is 8.63. The largest absolute Gasteiger partial charge is 0.373 e. The molecule has 0 aromatic carbocycles. The van der Waals surface area contributed by atoms with Crippen LogP contribution in [-0.4, -0.2) is 25.3 Å². The standard InChI is InChI=1S/C12H21NO/c1-12(8-5-9-14-12)11(13-2)10-6-3-4-7-10/h6,11,13H,3-5,7-9H2,1-2H3. The van der Waals surface area contributed by atoms with Gasteiger partial charge in [0.2, 0.25) is 0 Å². The van der Waals surface area contributed by atoms with Crippen molar-refractivity contribution in [3.8, 4) is 0 Å². The van der Waals surface area contributed by atoms with E-state index >= 15 is 0 Å². The zero-order valence-corrected chi connectivity index (χ0v) is 9.31. The molecule has 2 rings (SSSR count). The molecule has 0 bridgehead atoms. The van der Waals surface area contributed by atoms with Gasteiger partial charge in [0.25, 0.3) is 0 Å². The number of ether oxygens (including phenoxy) is 1. The molecule has 2 heteroatoms. The number of hydrogen-bond acceptors (Lipinski definition) is 2. The van der Waals surface area contributed by atoms with E-state index in [-0.39, 0.29) is 5.60 Å². The zero-order chi connectivity index (χ0) is 10.0. The number of likely N-dealkylation sites (N-methyl/N-ethyl adjacent to an activating group) is 1. The Morgan fingerprint density at radius 1 is 1.50 bits per heavy atom. The molecule has 1 heterocycles. The minimum Gasteiger partial charge on any atom is -0.373 e. The molecule has 2 aliphatic rings. The van der Waals surface area contributed by atoms with Crippen molar-refractivity contribution in [1.29, 1.82) is 0 Å². The lowest BCUT2D eigenvalue weighted by Gasteiger charge is -2.34. The molecule has 0 aromatic heterocycles. The SMILES string of the molecule is CNC(C1=CCCC1)C1(C)CCCO1. The van der Waals surface area contributed by atoms with Gasteiger partial charge in [-0.05, 0) is 46.1 Å². The maximum absolute atomic E-state index is 5.90. The molecule has 1 aliphatic heterocycles. The van der Waals surface area contributed by atoms with E-state index in [1.165, 1.54) is 32.1 Å². The molecule has 1 N–H and O–H groups in total. The summed E-state index contributed by atoms with van der Waals surface area (Å²) >= 11 is 0. The average Bonchev–Trinajstić information content (AvgIpc) is 2.78. The van der Waals surface area contributed by atoms with Crippen LogP contribution >= 0.6 is 0 Å². The molecular weight excluding hydrogens is 174 g/mol. The van der Waals surface area contributed by atoms with Gasteiger partial charge in [0, 0.05) is 6.61 Å². The monoisotopic (exact) mass is 195 g/mol. The van der Waals surface area contributed by atoms with Crippen LogP contribution in [0.2, 0.25) is 0 Å². The number of rotatable bonds is 3. The van der Waals surface area contributed by atoms with Crippen molar-refractivity contribution in [2.45, 2.75) is 50.7 Å². The van der Waals surface area contributed by atoms with E-state index in [9.17, 15) is 0 Å². The first-order valence-electron chi connectivity index (χ1n) is 5.76. The van der Waals surface area contributed by atoms with Crippen LogP contribution < -0.4 is 5.32 Å². The summed E-state index contributed by atoms with van der Waals surface area (Å²) in [7, 11) is 2.05. The van der Waals surface area contributed by atoms with E-state index in [1.807, 2.05) is 0 Å². The van der Waals surface area contributed by atoms with Crippen molar-refractivity contribution in [3.05, 3.63) is 11.6 Å². The van der Waals surface area contributed by atoms with E-state index in [0.29, 0.717) is 6.04 Å². The molecule has 2 atom stereocenters. The van der Waals surface area contributed by atoms with Crippen LogP contribution in [-0.2, 0) is 4.74 Å². The van der Waals surface area contributed by atoms with Gasteiger partial charge < -0.3 is 10.1 Å². The van der Waals surface area contributed by atoms with Crippen molar-refractivity contribution < 1.29 is 4.74 Å². The summed E-state index contributed by atoms with van der Waals surface area (Å²) in [5.41, 5.74) is 1.61. The Morgan fingerprint density at radius 2 is 2.36 bits per heavy atom. The van der Waals surface area contributed by atoms with Gasteiger partial charge in [-0.15, -0.1) is 0 Å². The summed E-state index contributed by atoms with van der Waals surface area (Å²) in [6.45, 7) is 3.18. The minimum absolute atomic E-state index is 0.0466. The average molecular weight is 195 g/mol. The van der Waals surface area contributed by atoms with Gasteiger partial charge in [-0.1, -0.05) is 11.6 Å². The van der Waals surface area contributed by atoms with Gasteiger partial charge in [-0.3, -0.25) is 0 Å². The molecular formula is C12H21NO. The van der Waals surface area contributed by atoms with Gasteiger partial charge in [-0.2, -0.15) is 0 Å². The second kappa shape index (κ2) is 4.03. The molecule has 14 heavy (non-hydrogen) atoms.